The molecule has 1 nitrogen and oxygen atoms in total. The van der Waals surface area contributed by atoms with Gasteiger partial charge in [0.1, 0.15) is 0 Å². The molecule has 0 radical (unpaired) electrons. The van der Waals surface area contributed by atoms with Crippen LogP contribution in [-0.2, 0) is 5.88 Å². The third-order valence-corrected chi connectivity index (χ3v) is 1.78. The summed E-state index contributed by atoms with van der Waals surface area (Å²) < 4.78 is 0. The van der Waals surface area contributed by atoms with Gasteiger partial charge in [-0.2, -0.15) is 0 Å². The summed E-state index contributed by atoms with van der Waals surface area (Å²) >= 11 is 5.68. The third kappa shape index (κ3) is 1.48. The van der Waals surface area contributed by atoms with Crippen LogP contribution in [0.5, 0.6) is 0 Å². The number of hydrogen-bond donors (Lipinski definition) is 0. The van der Waals surface area contributed by atoms with E-state index in [4.69, 9.17) is 11.6 Å². The van der Waals surface area contributed by atoms with Crippen molar-refractivity contribution >= 4 is 11.6 Å². The standard InChI is InChI=1S/C8H10ClN/c1-6-5-10-7(2)3-8(6)4-9/h3,5H,4H2,1-2H3. The fourth-order valence-corrected chi connectivity index (χ4v) is 1.12. The van der Waals surface area contributed by atoms with Gasteiger partial charge in [0, 0.05) is 17.8 Å². The zero-order valence-corrected chi connectivity index (χ0v) is 6.94. The molecule has 0 N–H and O–H groups in total. The lowest BCUT2D eigenvalue weighted by atomic mass is 10.1. The van der Waals surface area contributed by atoms with E-state index in [0.717, 1.165) is 5.69 Å². The topological polar surface area (TPSA) is 12.9 Å². The molecular formula is C8H10ClN. The van der Waals surface area contributed by atoms with Crippen LogP contribution in [0.25, 0.3) is 0 Å². The molecule has 0 aliphatic rings. The van der Waals surface area contributed by atoms with E-state index in [0.29, 0.717) is 5.88 Å². The predicted octanol–water partition coefficient (Wildman–Crippen LogP) is 2.44. The molecule has 0 aliphatic carbocycles. The lowest BCUT2D eigenvalue weighted by molar-refractivity contribution is 1.13. The minimum atomic E-state index is 0.579. The van der Waals surface area contributed by atoms with E-state index in [-0.39, 0.29) is 0 Å². The van der Waals surface area contributed by atoms with E-state index in [1.807, 2.05) is 26.1 Å². The monoisotopic (exact) mass is 155 g/mol. The third-order valence-electron chi connectivity index (χ3n) is 1.50. The van der Waals surface area contributed by atoms with Gasteiger partial charge in [-0.25, -0.2) is 0 Å². The Bertz CT molecular complexity index is 233. The van der Waals surface area contributed by atoms with Crippen molar-refractivity contribution in [3.8, 4) is 0 Å². The quantitative estimate of drug-likeness (QED) is 0.568. The van der Waals surface area contributed by atoms with Crippen molar-refractivity contribution in [2.45, 2.75) is 19.7 Å². The molecular weight excluding hydrogens is 146 g/mol. The zero-order chi connectivity index (χ0) is 7.56. The molecule has 0 saturated heterocycles. The Hall–Kier alpha value is -0.560. The van der Waals surface area contributed by atoms with Crippen molar-refractivity contribution in [3.63, 3.8) is 0 Å². The fourth-order valence-electron chi connectivity index (χ4n) is 0.829. The zero-order valence-electron chi connectivity index (χ0n) is 6.19. The van der Waals surface area contributed by atoms with Gasteiger partial charge >= 0.3 is 0 Å². The van der Waals surface area contributed by atoms with E-state index >= 15 is 0 Å². The molecule has 2 heteroatoms. The lowest BCUT2D eigenvalue weighted by Crippen LogP contribution is -1.88. The normalized spacial score (nSPS) is 9.90. The largest absolute Gasteiger partial charge is 0.261 e. The van der Waals surface area contributed by atoms with E-state index in [1.165, 1.54) is 11.1 Å². The first-order chi connectivity index (χ1) is 4.74. The number of rotatable bonds is 1. The van der Waals surface area contributed by atoms with Crippen LogP contribution in [0.2, 0.25) is 0 Å². The molecule has 0 saturated carbocycles. The van der Waals surface area contributed by atoms with Crippen LogP contribution < -0.4 is 0 Å². The van der Waals surface area contributed by atoms with Crippen molar-refractivity contribution in [3.05, 3.63) is 29.1 Å². The molecule has 0 bridgehead atoms. The van der Waals surface area contributed by atoms with Crippen molar-refractivity contribution < 1.29 is 0 Å². The van der Waals surface area contributed by atoms with Crippen LogP contribution in [-0.4, -0.2) is 4.98 Å². The van der Waals surface area contributed by atoms with Gasteiger partial charge in [0.15, 0.2) is 0 Å². The number of aromatic nitrogens is 1. The van der Waals surface area contributed by atoms with Crippen LogP contribution in [0.3, 0.4) is 0 Å². The smallest absolute Gasteiger partial charge is 0.0477 e. The Labute approximate surface area is 66.0 Å². The summed E-state index contributed by atoms with van der Waals surface area (Å²) in [7, 11) is 0. The molecule has 0 unspecified atom stereocenters. The van der Waals surface area contributed by atoms with Crippen LogP contribution >= 0.6 is 11.6 Å². The number of hydrogen-bond acceptors (Lipinski definition) is 1. The maximum absolute atomic E-state index is 5.68. The van der Waals surface area contributed by atoms with Gasteiger partial charge in [0.2, 0.25) is 0 Å². The summed E-state index contributed by atoms with van der Waals surface area (Å²) in [4.78, 5) is 4.13. The van der Waals surface area contributed by atoms with E-state index in [1.54, 1.807) is 0 Å². The molecule has 0 atom stereocenters. The highest BCUT2D eigenvalue weighted by atomic mass is 35.5. The molecule has 1 aromatic rings. The number of alkyl halides is 1. The van der Waals surface area contributed by atoms with E-state index < -0.39 is 0 Å². The molecule has 0 amide bonds. The Morgan fingerprint density at radius 3 is 2.70 bits per heavy atom. The van der Waals surface area contributed by atoms with Crippen LogP contribution in [0.4, 0.5) is 0 Å². The van der Waals surface area contributed by atoms with Crippen LogP contribution in [0.15, 0.2) is 12.3 Å². The van der Waals surface area contributed by atoms with Crippen LogP contribution in [0, 0.1) is 13.8 Å². The van der Waals surface area contributed by atoms with Crippen molar-refractivity contribution in [1.82, 2.24) is 4.98 Å². The summed E-state index contributed by atoms with van der Waals surface area (Å²) in [6, 6.07) is 2.02. The van der Waals surface area contributed by atoms with Gasteiger partial charge in [-0.1, -0.05) is 0 Å². The summed E-state index contributed by atoms with van der Waals surface area (Å²) in [5, 5.41) is 0. The summed E-state index contributed by atoms with van der Waals surface area (Å²) in [5.74, 6) is 0.579. The Balaban J connectivity index is 3.09. The highest BCUT2D eigenvalue weighted by Crippen LogP contribution is 2.09. The van der Waals surface area contributed by atoms with Gasteiger partial charge in [0.05, 0.1) is 0 Å². The second-order valence-electron chi connectivity index (χ2n) is 2.39. The van der Waals surface area contributed by atoms with Gasteiger partial charge < -0.3 is 0 Å². The summed E-state index contributed by atoms with van der Waals surface area (Å²) in [6.45, 7) is 3.99. The average molecular weight is 156 g/mol. The molecule has 1 rings (SSSR count). The first kappa shape index (κ1) is 7.55. The molecule has 54 valence electrons. The van der Waals surface area contributed by atoms with Crippen LogP contribution in [0.1, 0.15) is 16.8 Å². The second-order valence-corrected chi connectivity index (χ2v) is 2.65. The maximum atomic E-state index is 5.68. The van der Waals surface area contributed by atoms with Gasteiger partial charge in [0.25, 0.3) is 0 Å². The van der Waals surface area contributed by atoms with Crippen molar-refractivity contribution in [2.75, 3.05) is 0 Å². The number of halogens is 1. The molecule has 1 aromatic heterocycles. The lowest BCUT2D eigenvalue weighted by Gasteiger charge is -2.00. The number of nitrogens with zero attached hydrogens (tertiary/aromatic N) is 1. The van der Waals surface area contributed by atoms with Gasteiger partial charge in [-0.15, -0.1) is 11.6 Å². The molecule has 0 spiro atoms. The first-order valence-corrected chi connectivity index (χ1v) is 3.75. The molecule has 1 heterocycles. The first-order valence-electron chi connectivity index (χ1n) is 3.22. The maximum Gasteiger partial charge on any atom is 0.0477 e. The van der Waals surface area contributed by atoms with E-state index in [9.17, 15) is 0 Å². The van der Waals surface area contributed by atoms with Crippen molar-refractivity contribution in [2.24, 2.45) is 0 Å². The number of aryl methyl sites for hydroxylation is 2. The number of pyridine rings is 1. The Morgan fingerprint density at radius 2 is 2.20 bits per heavy atom. The molecule has 0 aliphatic heterocycles. The van der Waals surface area contributed by atoms with Gasteiger partial charge in [-0.05, 0) is 31.0 Å². The Morgan fingerprint density at radius 1 is 1.50 bits per heavy atom. The van der Waals surface area contributed by atoms with Crippen molar-refractivity contribution in [1.29, 1.82) is 0 Å². The minimum Gasteiger partial charge on any atom is -0.261 e. The second kappa shape index (κ2) is 3.02. The summed E-state index contributed by atoms with van der Waals surface area (Å²) in [5.41, 5.74) is 3.37. The highest BCUT2D eigenvalue weighted by Gasteiger charge is 1.95. The van der Waals surface area contributed by atoms with E-state index in [2.05, 4.69) is 4.98 Å². The molecule has 0 aromatic carbocycles. The predicted molar refractivity (Wildman–Crippen MR) is 43.3 cm³/mol. The fraction of sp³-hybridized carbons (Fsp3) is 0.375. The Kier molecular flexibility index (Phi) is 2.28. The highest BCUT2D eigenvalue weighted by molar-refractivity contribution is 6.17. The minimum absolute atomic E-state index is 0.579. The molecule has 0 fully saturated rings. The summed E-state index contributed by atoms with van der Waals surface area (Å²) in [6.07, 6.45) is 1.85. The average Bonchev–Trinajstić information content (AvgIpc) is 1.94. The molecule has 10 heavy (non-hydrogen) atoms. The van der Waals surface area contributed by atoms with Gasteiger partial charge in [-0.3, -0.25) is 4.98 Å². The SMILES string of the molecule is Cc1cc(CCl)c(C)cn1.